The number of nitrogens with two attached hydrogens (primary N) is 2. The summed E-state index contributed by atoms with van der Waals surface area (Å²) in [6, 6.07) is -0.467. The number of primary amides is 1. The van der Waals surface area contributed by atoms with Crippen LogP contribution in [0.1, 0.15) is 77.0 Å². The van der Waals surface area contributed by atoms with Gasteiger partial charge in [-0.3, -0.25) is 19.9 Å². The lowest BCUT2D eigenvalue weighted by Crippen LogP contribution is -2.52. The van der Waals surface area contributed by atoms with Gasteiger partial charge in [0.15, 0.2) is 0 Å². The van der Waals surface area contributed by atoms with Crippen LogP contribution in [0.4, 0.5) is 0 Å². The lowest BCUT2D eigenvalue weighted by atomic mass is 9.76. The molecule has 0 aromatic rings. The number of carbonyl (C=O) groups is 2. The van der Waals surface area contributed by atoms with Crippen molar-refractivity contribution in [1.82, 2.24) is 10.2 Å². The first-order valence-electron chi connectivity index (χ1n) is 13.2. The second-order valence-electron chi connectivity index (χ2n) is 11.2. The SMILES string of the molecule is N=C(N)C1CCC2C(O)C(C(=O)NCC3CCCCC3)N(CC3CCC(C(N)=O)CC3)C2C1. The van der Waals surface area contributed by atoms with Crippen LogP contribution < -0.4 is 16.8 Å². The third kappa shape index (κ3) is 5.53. The van der Waals surface area contributed by atoms with E-state index in [0.29, 0.717) is 18.4 Å². The largest absolute Gasteiger partial charge is 0.391 e. The van der Waals surface area contributed by atoms with Crippen LogP contribution in [-0.2, 0) is 9.59 Å². The predicted molar refractivity (Wildman–Crippen MR) is 127 cm³/mol. The van der Waals surface area contributed by atoms with Gasteiger partial charge in [-0.1, -0.05) is 19.3 Å². The fourth-order valence-electron chi connectivity index (χ4n) is 7.09. The van der Waals surface area contributed by atoms with E-state index in [1.165, 1.54) is 32.1 Å². The van der Waals surface area contributed by atoms with E-state index in [2.05, 4.69) is 10.2 Å². The molecule has 2 amide bonds. The van der Waals surface area contributed by atoms with Crippen molar-refractivity contribution in [2.75, 3.05) is 13.1 Å². The van der Waals surface area contributed by atoms with E-state index in [4.69, 9.17) is 16.9 Å². The number of hydrogen-bond donors (Lipinski definition) is 5. The summed E-state index contributed by atoms with van der Waals surface area (Å²) in [4.78, 5) is 27.2. The maximum atomic E-state index is 13.4. The molecule has 1 saturated heterocycles. The summed E-state index contributed by atoms with van der Waals surface area (Å²) in [5.41, 5.74) is 11.4. The first kappa shape index (κ1) is 24.5. The first-order chi connectivity index (χ1) is 15.8. The van der Waals surface area contributed by atoms with Crippen LogP contribution >= 0.6 is 0 Å². The van der Waals surface area contributed by atoms with Crippen LogP contribution in [0.5, 0.6) is 0 Å². The fourth-order valence-corrected chi connectivity index (χ4v) is 7.09. The molecule has 3 aliphatic carbocycles. The van der Waals surface area contributed by atoms with Gasteiger partial charge >= 0.3 is 0 Å². The van der Waals surface area contributed by atoms with Crippen LogP contribution in [0, 0.1) is 35.0 Å². The van der Waals surface area contributed by atoms with Gasteiger partial charge in [0, 0.05) is 36.9 Å². The Morgan fingerprint density at radius 1 is 0.909 bits per heavy atom. The Morgan fingerprint density at radius 2 is 1.58 bits per heavy atom. The van der Waals surface area contributed by atoms with E-state index in [1.807, 2.05) is 0 Å². The molecule has 1 aliphatic heterocycles. The number of aliphatic hydroxyl groups is 1. The first-order valence-corrected chi connectivity index (χ1v) is 13.2. The number of fused-ring (bicyclic) bond motifs is 1. The number of hydrogen-bond acceptors (Lipinski definition) is 5. The van der Waals surface area contributed by atoms with Crippen LogP contribution in [0.15, 0.2) is 0 Å². The second kappa shape index (κ2) is 10.7. The maximum absolute atomic E-state index is 13.4. The quantitative estimate of drug-likeness (QED) is 0.290. The van der Waals surface area contributed by atoms with Crippen LogP contribution in [0.25, 0.3) is 0 Å². The van der Waals surface area contributed by atoms with Gasteiger partial charge in [0.25, 0.3) is 0 Å². The molecule has 186 valence electrons. The number of carbonyl (C=O) groups excluding carboxylic acids is 2. The van der Waals surface area contributed by atoms with Crippen molar-refractivity contribution in [2.45, 2.75) is 95.2 Å². The zero-order valence-corrected chi connectivity index (χ0v) is 19.9. The summed E-state index contributed by atoms with van der Waals surface area (Å²) in [5.74, 6) is 0.929. The predicted octanol–water partition coefficient (Wildman–Crippen LogP) is 1.74. The number of amides is 2. The molecule has 8 nitrogen and oxygen atoms in total. The summed E-state index contributed by atoms with van der Waals surface area (Å²) < 4.78 is 0. The molecule has 4 aliphatic rings. The highest BCUT2D eigenvalue weighted by Crippen LogP contribution is 2.43. The number of nitrogens with one attached hydrogen (secondary N) is 2. The number of rotatable bonds is 7. The molecule has 5 atom stereocenters. The molecule has 1 heterocycles. The number of nitrogens with zero attached hydrogens (tertiary/aromatic N) is 1. The van der Waals surface area contributed by atoms with Crippen molar-refractivity contribution >= 4 is 17.6 Å². The third-order valence-electron chi connectivity index (χ3n) is 9.13. The molecule has 4 rings (SSSR count). The van der Waals surface area contributed by atoms with Gasteiger partial charge < -0.3 is 21.9 Å². The Bertz CT molecular complexity index is 717. The average molecular weight is 462 g/mol. The average Bonchev–Trinajstić information content (AvgIpc) is 3.09. The number of aliphatic hydroxyl groups excluding tert-OH is 1. The topological polar surface area (TPSA) is 146 Å². The van der Waals surface area contributed by atoms with Gasteiger partial charge in [-0.2, -0.15) is 0 Å². The minimum atomic E-state index is -0.684. The molecule has 0 bridgehead atoms. The van der Waals surface area contributed by atoms with E-state index in [-0.39, 0.29) is 41.4 Å². The van der Waals surface area contributed by atoms with E-state index in [1.54, 1.807) is 0 Å². The zero-order chi connectivity index (χ0) is 23.5. The normalized spacial score (nSPS) is 37.9. The molecule has 0 radical (unpaired) electrons. The Labute approximate surface area is 197 Å². The van der Waals surface area contributed by atoms with Crippen molar-refractivity contribution < 1.29 is 14.7 Å². The van der Waals surface area contributed by atoms with Gasteiger partial charge in [-0.25, -0.2) is 0 Å². The highest BCUT2D eigenvalue weighted by atomic mass is 16.3. The zero-order valence-electron chi connectivity index (χ0n) is 19.9. The summed E-state index contributed by atoms with van der Waals surface area (Å²) in [6.45, 7) is 1.45. The molecular weight excluding hydrogens is 418 g/mol. The van der Waals surface area contributed by atoms with Gasteiger partial charge in [0.1, 0.15) is 6.04 Å². The minimum Gasteiger partial charge on any atom is -0.391 e. The molecule has 0 aromatic carbocycles. The standard InChI is InChI=1S/C25H43N5O3/c26-23(27)18-10-11-19-20(12-18)30(14-16-6-8-17(9-7-16)24(28)32)21(22(19)31)25(33)29-13-15-4-2-1-3-5-15/h15-22,31H,1-14H2,(H3,26,27)(H2,28,32)(H,29,33). The molecule has 4 fully saturated rings. The van der Waals surface area contributed by atoms with Gasteiger partial charge in [-0.05, 0) is 69.6 Å². The summed E-state index contributed by atoms with van der Waals surface area (Å²) >= 11 is 0. The molecule has 3 saturated carbocycles. The summed E-state index contributed by atoms with van der Waals surface area (Å²) in [6.07, 6.45) is 11.2. The molecule has 0 spiro atoms. The van der Waals surface area contributed by atoms with E-state index >= 15 is 0 Å². The highest BCUT2D eigenvalue weighted by molar-refractivity contribution is 5.83. The summed E-state index contributed by atoms with van der Waals surface area (Å²) in [5, 5.41) is 22.4. The lowest BCUT2D eigenvalue weighted by Gasteiger charge is -2.39. The fraction of sp³-hybridized carbons (Fsp3) is 0.880. The Morgan fingerprint density at radius 3 is 2.21 bits per heavy atom. The van der Waals surface area contributed by atoms with E-state index in [9.17, 15) is 14.7 Å². The number of likely N-dealkylation sites (tertiary alicyclic amines) is 1. The highest BCUT2D eigenvalue weighted by Gasteiger charge is 2.53. The molecule has 7 N–H and O–H groups in total. The number of amidine groups is 1. The van der Waals surface area contributed by atoms with Crippen molar-refractivity contribution in [2.24, 2.45) is 41.1 Å². The Hall–Kier alpha value is -1.67. The van der Waals surface area contributed by atoms with E-state index < -0.39 is 12.1 Å². The summed E-state index contributed by atoms with van der Waals surface area (Å²) in [7, 11) is 0. The molecule has 8 heteroatoms. The van der Waals surface area contributed by atoms with Crippen molar-refractivity contribution in [3.63, 3.8) is 0 Å². The molecule has 0 aromatic heterocycles. The molecule has 5 unspecified atom stereocenters. The van der Waals surface area contributed by atoms with Crippen molar-refractivity contribution in [3.8, 4) is 0 Å². The second-order valence-corrected chi connectivity index (χ2v) is 11.2. The third-order valence-corrected chi connectivity index (χ3v) is 9.13. The molecule has 33 heavy (non-hydrogen) atoms. The van der Waals surface area contributed by atoms with Gasteiger partial charge in [0.05, 0.1) is 11.9 Å². The monoisotopic (exact) mass is 461 g/mol. The lowest BCUT2D eigenvalue weighted by molar-refractivity contribution is -0.129. The van der Waals surface area contributed by atoms with Gasteiger partial charge in [-0.15, -0.1) is 0 Å². The molecular formula is C25H43N5O3. The van der Waals surface area contributed by atoms with Crippen LogP contribution in [0.2, 0.25) is 0 Å². The van der Waals surface area contributed by atoms with Gasteiger partial charge in [0.2, 0.25) is 11.8 Å². The van der Waals surface area contributed by atoms with Crippen LogP contribution in [-0.4, -0.2) is 58.9 Å². The Balaban J connectivity index is 1.45. The van der Waals surface area contributed by atoms with E-state index in [0.717, 1.165) is 51.5 Å². The Kier molecular flexibility index (Phi) is 7.95. The minimum absolute atomic E-state index is 0.0237. The maximum Gasteiger partial charge on any atom is 0.240 e. The smallest absolute Gasteiger partial charge is 0.240 e. The van der Waals surface area contributed by atoms with Crippen LogP contribution in [0.3, 0.4) is 0 Å². The van der Waals surface area contributed by atoms with Crippen molar-refractivity contribution in [1.29, 1.82) is 5.41 Å². The van der Waals surface area contributed by atoms with Crippen molar-refractivity contribution in [3.05, 3.63) is 0 Å².